The van der Waals surface area contributed by atoms with Crippen LogP contribution in [0.3, 0.4) is 0 Å². The largest absolute Gasteiger partial charge is 0.478 e. The normalized spacial score (nSPS) is 10.6. The highest BCUT2D eigenvalue weighted by atomic mass is 16.4. The molecule has 0 unspecified atom stereocenters. The molecular weight excluding hydrogens is 230 g/mol. The minimum absolute atomic E-state index is 0.0367. The van der Waals surface area contributed by atoms with Crippen LogP contribution in [0, 0.1) is 6.92 Å². The van der Waals surface area contributed by atoms with Crippen LogP contribution in [-0.4, -0.2) is 23.5 Å². The van der Waals surface area contributed by atoms with Gasteiger partial charge in [-0.3, -0.25) is 4.79 Å². The summed E-state index contributed by atoms with van der Waals surface area (Å²) in [7, 11) is 0. The monoisotopic (exact) mass is 247 g/mol. The fourth-order valence-corrected chi connectivity index (χ4v) is 1.54. The molecule has 1 aromatic carbocycles. The van der Waals surface area contributed by atoms with Crippen LogP contribution < -0.4 is 5.32 Å². The summed E-state index contributed by atoms with van der Waals surface area (Å²) in [6.07, 6.45) is 4.64. The molecule has 2 N–H and O–H groups in total. The molecule has 0 bridgehead atoms. The van der Waals surface area contributed by atoms with Crippen LogP contribution in [0.4, 0.5) is 0 Å². The summed E-state index contributed by atoms with van der Waals surface area (Å²) in [5.41, 5.74) is 2.20. The van der Waals surface area contributed by atoms with Crippen molar-refractivity contribution < 1.29 is 14.7 Å². The zero-order chi connectivity index (χ0) is 13.5. The maximum atomic E-state index is 10.8. The number of hydrogen-bond acceptors (Lipinski definition) is 2. The molecule has 0 saturated carbocycles. The first kappa shape index (κ1) is 14.0. The van der Waals surface area contributed by atoms with Gasteiger partial charge in [-0.15, -0.1) is 0 Å². The summed E-state index contributed by atoms with van der Waals surface area (Å²) in [6.45, 7) is 3.97. The molecule has 0 atom stereocenters. The lowest BCUT2D eigenvalue weighted by molar-refractivity contribution is -0.118. The van der Waals surface area contributed by atoms with E-state index in [-0.39, 0.29) is 5.91 Å². The maximum absolute atomic E-state index is 10.8. The van der Waals surface area contributed by atoms with Gasteiger partial charge in [0, 0.05) is 13.5 Å². The molecule has 0 spiro atoms. The summed E-state index contributed by atoms with van der Waals surface area (Å²) in [4.78, 5) is 21.4. The number of carbonyl (C=O) groups excluding carboxylic acids is 1. The fraction of sp³-hybridized carbons (Fsp3) is 0.286. The van der Waals surface area contributed by atoms with E-state index in [1.165, 1.54) is 6.92 Å². The zero-order valence-corrected chi connectivity index (χ0v) is 10.6. The Balaban J connectivity index is 2.59. The van der Waals surface area contributed by atoms with Gasteiger partial charge in [0.1, 0.15) is 0 Å². The number of amides is 1. The predicted octanol–water partition coefficient (Wildman–Crippen LogP) is 2.23. The first-order valence-corrected chi connectivity index (χ1v) is 5.75. The van der Waals surface area contributed by atoms with Crippen LogP contribution in [0.5, 0.6) is 0 Å². The van der Waals surface area contributed by atoms with Gasteiger partial charge >= 0.3 is 5.97 Å². The highest BCUT2D eigenvalue weighted by Gasteiger charge is 2.03. The van der Waals surface area contributed by atoms with Crippen LogP contribution >= 0.6 is 0 Å². The molecule has 0 radical (unpaired) electrons. The molecule has 1 amide bonds. The molecule has 18 heavy (non-hydrogen) atoms. The topological polar surface area (TPSA) is 66.4 Å². The minimum Gasteiger partial charge on any atom is -0.478 e. The lowest BCUT2D eigenvalue weighted by Gasteiger charge is -2.02. The second-order valence-electron chi connectivity index (χ2n) is 4.05. The van der Waals surface area contributed by atoms with Crippen LogP contribution in [0.25, 0.3) is 6.08 Å². The summed E-state index contributed by atoms with van der Waals surface area (Å²) in [5.74, 6) is -0.954. The van der Waals surface area contributed by atoms with Crippen LogP contribution in [-0.2, 0) is 4.79 Å². The second-order valence-corrected chi connectivity index (χ2v) is 4.05. The quantitative estimate of drug-likeness (QED) is 0.784. The smallest absolute Gasteiger partial charge is 0.335 e. The lowest BCUT2D eigenvalue weighted by atomic mass is 10.0. The highest BCUT2D eigenvalue weighted by Crippen LogP contribution is 2.13. The van der Waals surface area contributed by atoms with E-state index in [9.17, 15) is 9.59 Å². The van der Waals surface area contributed by atoms with Gasteiger partial charge in [0.25, 0.3) is 0 Å². The Morgan fingerprint density at radius 3 is 2.67 bits per heavy atom. The number of aryl methyl sites for hydroxylation is 1. The van der Waals surface area contributed by atoms with E-state index in [0.29, 0.717) is 12.1 Å². The van der Waals surface area contributed by atoms with Crippen LogP contribution in [0.1, 0.15) is 34.8 Å². The van der Waals surface area contributed by atoms with E-state index in [2.05, 4.69) is 5.32 Å². The molecule has 0 aliphatic rings. The number of aromatic carboxylic acids is 1. The Kier molecular flexibility index (Phi) is 5.11. The predicted molar refractivity (Wildman–Crippen MR) is 70.5 cm³/mol. The summed E-state index contributed by atoms with van der Waals surface area (Å²) in [5, 5.41) is 11.5. The Morgan fingerprint density at radius 1 is 1.39 bits per heavy atom. The minimum atomic E-state index is -0.917. The van der Waals surface area contributed by atoms with E-state index in [1.54, 1.807) is 18.2 Å². The third-order valence-corrected chi connectivity index (χ3v) is 2.50. The van der Waals surface area contributed by atoms with Crippen molar-refractivity contribution in [1.29, 1.82) is 0 Å². The van der Waals surface area contributed by atoms with E-state index in [1.807, 2.05) is 19.1 Å². The van der Waals surface area contributed by atoms with Gasteiger partial charge < -0.3 is 10.4 Å². The van der Waals surface area contributed by atoms with Gasteiger partial charge in [-0.1, -0.05) is 18.2 Å². The molecular formula is C14H17NO3. The number of nitrogens with one attached hydrogen (secondary N) is 1. The summed E-state index contributed by atoms with van der Waals surface area (Å²) in [6, 6.07) is 5.02. The average Bonchev–Trinajstić information content (AvgIpc) is 2.29. The highest BCUT2D eigenvalue weighted by molar-refractivity contribution is 5.88. The molecule has 0 aliphatic heterocycles. The molecule has 1 rings (SSSR count). The van der Waals surface area contributed by atoms with Gasteiger partial charge in [-0.05, 0) is 36.6 Å². The Hall–Kier alpha value is -2.10. The number of carboxylic acid groups (broad SMARTS) is 1. The van der Waals surface area contributed by atoms with Crippen LogP contribution in [0.15, 0.2) is 24.3 Å². The van der Waals surface area contributed by atoms with Crippen molar-refractivity contribution in [2.75, 3.05) is 6.54 Å². The Morgan fingerprint density at radius 2 is 2.11 bits per heavy atom. The number of benzene rings is 1. The van der Waals surface area contributed by atoms with Gasteiger partial charge in [-0.2, -0.15) is 0 Å². The van der Waals surface area contributed by atoms with Crippen molar-refractivity contribution >= 4 is 18.0 Å². The second kappa shape index (κ2) is 6.59. The van der Waals surface area contributed by atoms with Crippen molar-refractivity contribution in [2.45, 2.75) is 20.3 Å². The molecule has 0 aromatic heterocycles. The van der Waals surface area contributed by atoms with E-state index < -0.39 is 5.97 Å². The molecule has 4 heteroatoms. The average molecular weight is 247 g/mol. The zero-order valence-electron chi connectivity index (χ0n) is 10.6. The first-order chi connectivity index (χ1) is 8.50. The van der Waals surface area contributed by atoms with E-state index in [4.69, 9.17) is 5.11 Å². The van der Waals surface area contributed by atoms with Crippen molar-refractivity contribution in [3.8, 4) is 0 Å². The molecule has 0 heterocycles. The third kappa shape index (κ3) is 4.41. The summed E-state index contributed by atoms with van der Waals surface area (Å²) < 4.78 is 0. The molecule has 0 aliphatic carbocycles. The summed E-state index contributed by atoms with van der Waals surface area (Å²) >= 11 is 0. The SMILES string of the molecule is CC(=O)NCCC=Cc1ccc(C(=O)O)cc1C. The van der Waals surface area contributed by atoms with Crippen molar-refractivity contribution in [1.82, 2.24) is 5.32 Å². The molecule has 0 saturated heterocycles. The molecule has 0 fully saturated rings. The first-order valence-electron chi connectivity index (χ1n) is 5.75. The molecule has 96 valence electrons. The maximum Gasteiger partial charge on any atom is 0.335 e. The van der Waals surface area contributed by atoms with Crippen molar-refractivity contribution in [3.05, 3.63) is 41.0 Å². The van der Waals surface area contributed by atoms with E-state index >= 15 is 0 Å². The van der Waals surface area contributed by atoms with Crippen molar-refractivity contribution in [2.24, 2.45) is 0 Å². The Bertz CT molecular complexity index is 478. The standard InChI is InChI=1S/C14H17NO3/c1-10-9-13(14(17)18)7-6-12(10)5-3-4-8-15-11(2)16/h3,5-7,9H,4,8H2,1-2H3,(H,15,16)(H,17,18). The number of hydrogen-bond donors (Lipinski definition) is 2. The van der Waals surface area contributed by atoms with Crippen molar-refractivity contribution in [3.63, 3.8) is 0 Å². The Labute approximate surface area is 106 Å². The van der Waals surface area contributed by atoms with Gasteiger partial charge in [0.05, 0.1) is 5.56 Å². The molecule has 1 aromatic rings. The van der Waals surface area contributed by atoms with Gasteiger partial charge in [0.2, 0.25) is 5.91 Å². The number of carbonyl (C=O) groups is 2. The van der Waals surface area contributed by atoms with Gasteiger partial charge in [-0.25, -0.2) is 4.79 Å². The van der Waals surface area contributed by atoms with E-state index in [0.717, 1.165) is 17.5 Å². The molecule has 4 nitrogen and oxygen atoms in total. The number of rotatable bonds is 5. The third-order valence-electron chi connectivity index (χ3n) is 2.50. The lowest BCUT2D eigenvalue weighted by Crippen LogP contribution is -2.20. The fourth-order valence-electron chi connectivity index (χ4n) is 1.54. The van der Waals surface area contributed by atoms with Crippen LogP contribution in [0.2, 0.25) is 0 Å². The number of carboxylic acids is 1. The van der Waals surface area contributed by atoms with Gasteiger partial charge in [0.15, 0.2) is 0 Å².